The smallest absolute Gasteiger partial charge is 0.472 e. The molecule has 0 bridgehead atoms. The Balaban J connectivity index is 4.40. The van der Waals surface area contributed by atoms with Crippen molar-refractivity contribution in [3.05, 3.63) is 24.3 Å². The standard InChI is InChI=1S/C42H78NO10P/c1-3-5-7-9-11-13-15-17-19-21-23-25-27-29-31-33-40(44)50-35-38(36-51-54(48,49)52-37-39(43)42(46)47)53-41(45)34-32-30-28-26-24-22-20-18-16-14-12-10-8-6-4-2/h14,16,21,23,38-39H,3-13,15,17-20,22,24-37,43H2,1-2H3,(H,46,47)(H,48,49)/b16-14+,23-21+/t38-,39+/m1/s1. The Bertz CT molecular complexity index is 1020. The molecule has 0 heterocycles. The molecule has 0 aliphatic heterocycles. The maximum absolute atomic E-state index is 12.6. The fraction of sp³-hybridized carbons (Fsp3) is 0.833. The molecule has 0 aliphatic rings. The minimum absolute atomic E-state index is 0.155. The molecule has 0 radical (unpaired) electrons. The SMILES string of the molecule is CCCCCC/C=C/CCCCCCCCCC(=O)O[C@H](COC(=O)CCCCC/C=C/CCCCCCCCCC)COP(=O)(O)OC[C@H](N)C(=O)O. The van der Waals surface area contributed by atoms with Crippen LogP contribution < -0.4 is 5.73 Å². The predicted molar refractivity (Wildman–Crippen MR) is 217 cm³/mol. The highest BCUT2D eigenvalue weighted by molar-refractivity contribution is 7.47. The Morgan fingerprint density at radius 2 is 0.926 bits per heavy atom. The molecule has 1 unspecified atom stereocenters. The van der Waals surface area contributed by atoms with Gasteiger partial charge in [-0.15, -0.1) is 0 Å². The lowest BCUT2D eigenvalue weighted by molar-refractivity contribution is -0.161. The molecule has 316 valence electrons. The minimum atomic E-state index is -4.72. The molecule has 0 aromatic heterocycles. The second-order valence-electron chi connectivity index (χ2n) is 14.5. The van der Waals surface area contributed by atoms with Crippen LogP contribution in [0.1, 0.15) is 194 Å². The number of phosphoric acid groups is 1. The van der Waals surface area contributed by atoms with Crippen LogP contribution in [0.4, 0.5) is 0 Å². The summed E-state index contributed by atoms with van der Waals surface area (Å²) in [6.07, 6.45) is 38.1. The van der Waals surface area contributed by atoms with Crippen LogP contribution in [-0.2, 0) is 37.5 Å². The normalized spacial score (nSPS) is 14.0. The van der Waals surface area contributed by atoms with Crippen LogP contribution in [0, 0.1) is 0 Å². The molecule has 0 saturated carbocycles. The highest BCUT2D eigenvalue weighted by atomic mass is 31.2. The molecule has 0 amide bonds. The lowest BCUT2D eigenvalue weighted by Crippen LogP contribution is -2.34. The zero-order valence-electron chi connectivity index (χ0n) is 34.1. The molecule has 54 heavy (non-hydrogen) atoms. The van der Waals surface area contributed by atoms with E-state index in [1.54, 1.807) is 0 Å². The van der Waals surface area contributed by atoms with Crippen molar-refractivity contribution in [3.63, 3.8) is 0 Å². The summed E-state index contributed by atoms with van der Waals surface area (Å²) in [5, 5.41) is 8.88. The molecular formula is C42H78NO10P. The fourth-order valence-electron chi connectivity index (χ4n) is 5.76. The Labute approximate surface area is 328 Å². The maximum Gasteiger partial charge on any atom is 0.472 e. The predicted octanol–water partition coefficient (Wildman–Crippen LogP) is 11.1. The summed E-state index contributed by atoms with van der Waals surface area (Å²) in [6, 6.07) is -1.52. The summed E-state index contributed by atoms with van der Waals surface area (Å²) < 4.78 is 32.6. The van der Waals surface area contributed by atoms with Gasteiger partial charge in [-0.05, 0) is 64.2 Å². The average molecular weight is 788 g/mol. The number of phosphoric ester groups is 1. The number of carbonyl (C=O) groups is 3. The van der Waals surface area contributed by atoms with E-state index in [2.05, 4.69) is 42.7 Å². The van der Waals surface area contributed by atoms with E-state index in [0.29, 0.717) is 12.8 Å². The molecule has 4 N–H and O–H groups in total. The molecule has 0 aliphatic carbocycles. The van der Waals surface area contributed by atoms with Crippen LogP contribution >= 0.6 is 7.82 Å². The number of ether oxygens (including phenoxy) is 2. The van der Waals surface area contributed by atoms with Crippen molar-refractivity contribution >= 4 is 25.7 Å². The van der Waals surface area contributed by atoms with E-state index >= 15 is 0 Å². The third-order valence-electron chi connectivity index (χ3n) is 9.17. The molecule has 0 aromatic carbocycles. The van der Waals surface area contributed by atoms with Gasteiger partial charge in [0.25, 0.3) is 0 Å². The Hall–Kier alpha value is -2.04. The zero-order chi connectivity index (χ0) is 40.0. The van der Waals surface area contributed by atoms with Crippen LogP contribution in [-0.4, -0.2) is 59.9 Å². The minimum Gasteiger partial charge on any atom is -0.480 e. The maximum atomic E-state index is 12.6. The first kappa shape index (κ1) is 52.0. The van der Waals surface area contributed by atoms with E-state index < -0.39 is 51.1 Å². The monoisotopic (exact) mass is 788 g/mol. The van der Waals surface area contributed by atoms with Gasteiger partial charge in [0.15, 0.2) is 6.10 Å². The van der Waals surface area contributed by atoms with Gasteiger partial charge in [-0.2, -0.15) is 0 Å². The molecule has 0 rings (SSSR count). The first-order valence-electron chi connectivity index (χ1n) is 21.4. The number of hydrogen-bond donors (Lipinski definition) is 3. The summed E-state index contributed by atoms with van der Waals surface area (Å²) in [5.41, 5.74) is 5.33. The molecule has 0 saturated heterocycles. The summed E-state index contributed by atoms with van der Waals surface area (Å²) in [5.74, 6) is -2.40. The van der Waals surface area contributed by atoms with Crippen LogP contribution in [0.2, 0.25) is 0 Å². The number of aliphatic carboxylic acids is 1. The van der Waals surface area contributed by atoms with E-state index in [0.717, 1.165) is 57.8 Å². The quantitative estimate of drug-likeness (QED) is 0.0233. The molecular weight excluding hydrogens is 709 g/mol. The highest BCUT2D eigenvalue weighted by Crippen LogP contribution is 2.43. The first-order valence-corrected chi connectivity index (χ1v) is 22.9. The summed E-state index contributed by atoms with van der Waals surface area (Å²) in [7, 11) is -4.72. The summed E-state index contributed by atoms with van der Waals surface area (Å²) >= 11 is 0. The number of carboxylic acids is 1. The number of rotatable bonds is 40. The topological polar surface area (TPSA) is 172 Å². The summed E-state index contributed by atoms with van der Waals surface area (Å²) in [6.45, 7) is 2.77. The largest absolute Gasteiger partial charge is 0.480 e. The van der Waals surface area contributed by atoms with Gasteiger partial charge in [0.2, 0.25) is 0 Å². The number of carboxylic acid groups (broad SMARTS) is 1. The number of nitrogens with two attached hydrogens (primary N) is 1. The number of carbonyl (C=O) groups excluding carboxylic acids is 2. The third-order valence-corrected chi connectivity index (χ3v) is 10.1. The van der Waals surface area contributed by atoms with Crippen molar-refractivity contribution in [2.45, 2.75) is 206 Å². The number of hydrogen-bond acceptors (Lipinski definition) is 9. The van der Waals surface area contributed by atoms with Crippen LogP contribution in [0.15, 0.2) is 24.3 Å². The molecule has 0 aromatic rings. The number of esters is 2. The number of allylic oxidation sites excluding steroid dienone is 4. The van der Waals surface area contributed by atoms with E-state index in [9.17, 15) is 23.8 Å². The second-order valence-corrected chi connectivity index (χ2v) is 15.9. The third kappa shape index (κ3) is 36.9. The van der Waals surface area contributed by atoms with E-state index in [-0.39, 0.29) is 19.4 Å². The van der Waals surface area contributed by atoms with Gasteiger partial charge < -0.3 is 25.2 Å². The van der Waals surface area contributed by atoms with Gasteiger partial charge in [0, 0.05) is 12.8 Å². The lowest BCUT2D eigenvalue weighted by atomic mass is 10.1. The van der Waals surface area contributed by atoms with Gasteiger partial charge in [0.05, 0.1) is 13.2 Å². The van der Waals surface area contributed by atoms with Crippen molar-refractivity contribution in [1.82, 2.24) is 0 Å². The van der Waals surface area contributed by atoms with Gasteiger partial charge in [-0.3, -0.25) is 23.4 Å². The molecule has 12 heteroatoms. The van der Waals surface area contributed by atoms with Crippen molar-refractivity contribution in [2.75, 3.05) is 19.8 Å². The van der Waals surface area contributed by atoms with Crippen LogP contribution in [0.5, 0.6) is 0 Å². The Morgan fingerprint density at radius 1 is 0.556 bits per heavy atom. The van der Waals surface area contributed by atoms with Crippen LogP contribution in [0.3, 0.4) is 0 Å². The molecule has 0 fully saturated rings. The number of unbranched alkanes of at least 4 members (excludes halogenated alkanes) is 22. The zero-order valence-corrected chi connectivity index (χ0v) is 35.0. The van der Waals surface area contributed by atoms with E-state index in [1.165, 1.54) is 96.3 Å². The van der Waals surface area contributed by atoms with Gasteiger partial charge in [0.1, 0.15) is 12.6 Å². The van der Waals surface area contributed by atoms with Crippen molar-refractivity contribution in [3.8, 4) is 0 Å². The molecule has 11 nitrogen and oxygen atoms in total. The lowest BCUT2D eigenvalue weighted by Gasteiger charge is -2.20. The average Bonchev–Trinajstić information content (AvgIpc) is 3.14. The van der Waals surface area contributed by atoms with Gasteiger partial charge >= 0.3 is 25.7 Å². The fourth-order valence-corrected chi connectivity index (χ4v) is 6.54. The summed E-state index contributed by atoms with van der Waals surface area (Å²) in [4.78, 5) is 45.9. The second kappa shape index (κ2) is 37.9. The van der Waals surface area contributed by atoms with E-state index in [1.807, 2.05) is 0 Å². The van der Waals surface area contributed by atoms with Crippen molar-refractivity contribution in [2.24, 2.45) is 5.73 Å². The Kier molecular flexibility index (Phi) is 36.4. The van der Waals surface area contributed by atoms with Crippen molar-refractivity contribution < 1.29 is 47.5 Å². The van der Waals surface area contributed by atoms with E-state index in [4.69, 9.17) is 24.8 Å². The Morgan fingerprint density at radius 3 is 1.39 bits per heavy atom. The molecule has 0 spiro atoms. The highest BCUT2D eigenvalue weighted by Gasteiger charge is 2.28. The van der Waals surface area contributed by atoms with Crippen molar-refractivity contribution in [1.29, 1.82) is 0 Å². The van der Waals surface area contributed by atoms with Gasteiger partial charge in [-0.25, -0.2) is 4.57 Å². The first-order chi connectivity index (χ1) is 26.1. The molecule has 3 atom stereocenters. The van der Waals surface area contributed by atoms with Gasteiger partial charge in [-0.1, -0.05) is 141 Å². The van der Waals surface area contributed by atoms with Crippen LogP contribution in [0.25, 0.3) is 0 Å².